The lowest BCUT2D eigenvalue weighted by Gasteiger charge is -2.37. The average Bonchev–Trinajstić information content (AvgIpc) is 2.53. The van der Waals surface area contributed by atoms with Gasteiger partial charge in [-0.05, 0) is 33.6 Å². The van der Waals surface area contributed by atoms with Crippen LogP contribution in [0.25, 0.3) is 0 Å². The van der Waals surface area contributed by atoms with E-state index in [-0.39, 0.29) is 19.4 Å². The molecule has 0 aromatic carbocycles. The minimum absolute atomic E-state index is 0.142. The summed E-state index contributed by atoms with van der Waals surface area (Å²) in [5, 5.41) is 19.2. The summed E-state index contributed by atoms with van der Waals surface area (Å²) in [7, 11) is 0. The summed E-state index contributed by atoms with van der Waals surface area (Å²) < 4.78 is 5.26. The number of nitrogens with zero attached hydrogens (tertiary/aromatic N) is 1. The number of hydrogen-bond acceptors (Lipinski definition) is 4. The molecule has 6 nitrogen and oxygen atoms in total. The molecule has 1 aliphatic rings. The highest BCUT2D eigenvalue weighted by Gasteiger charge is 2.56. The molecule has 0 radical (unpaired) electrons. The molecule has 1 aliphatic heterocycles. The van der Waals surface area contributed by atoms with Crippen LogP contribution in [0, 0.1) is 0 Å². The Bertz CT molecular complexity index is 349. The number of ether oxygens (including phenoxy) is 1. The summed E-state index contributed by atoms with van der Waals surface area (Å²) in [6, 6.07) is 0. The van der Waals surface area contributed by atoms with Crippen LogP contribution in [0.2, 0.25) is 0 Å². The number of amides is 1. The third-order valence-electron chi connectivity index (χ3n) is 3.18. The van der Waals surface area contributed by atoms with Crippen LogP contribution in [0.4, 0.5) is 4.79 Å². The van der Waals surface area contributed by atoms with Crippen molar-refractivity contribution in [2.45, 2.75) is 57.8 Å². The monoisotopic (exact) mass is 259 g/mol. The number of carbonyl (C=O) groups is 2. The minimum atomic E-state index is -1.47. The lowest BCUT2D eigenvalue weighted by molar-refractivity contribution is -0.172. The molecule has 1 saturated heterocycles. The zero-order valence-corrected chi connectivity index (χ0v) is 11.3. The fraction of sp³-hybridized carbons (Fsp3) is 0.833. The Kier molecular flexibility index (Phi) is 3.90. The van der Waals surface area contributed by atoms with Crippen molar-refractivity contribution in [3.8, 4) is 0 Å². The van der Waals surface area contributed by atoms with Crippen molar-refractivity contribution < 1.29 is 24.5 Å². The van der Waals surface area contributed by atoms with Gasteiger partial charge in [0.25, 0.3) is 0 Å². The van der Waals surface area contributed by atoms with Crippen molar-refractivity contribution >= 4 is 12.1 Å². The lowest BCUT2D eigenvalue weighted by Crippen LogP contribution is -2.59. The molecule has 0 unspecified atom stereocenters. The van der Waals surface area contributed by atoms with E-state index in [4.69, 9.17) is 9.84 Å². The molecule has 18 heavy (non-hydrogen) atoms. The van der Waals surface area contributed by atoms with E-state index in [2.05, 4.69) is 0 Å². The first-order chi connectivity index (χ1) is 8.15. The smallest absolute Gasteiger partial charge is 0.408 e. The molecule has 104 valence electrons. The summed E-state index contributed by atoms with van der Waals surface area (Å²) in [6.45, 7) is 6.94. The van der Waals surface area contributed by atoms with Crippen molar-refractivity contribution in [3.63, 3.8) is 0 Å². The van der Waals surface area contributed by atoms with Crippen molar-refractivity contribution in [2.24, 2.45) is 0 Å². The van der Waals surface area contributed by atoms with E-state index in [1.807, 2.05) is 0 Å². The number of carboxylic acid groups (broad SMARTS) is 1. The Balaban J connectivity index is 3.09. The highest BCUT2D eigenvalue weighted by molar-refractivity contribution is 5.87. The third kappa shape index (κ3) is 2.43. The van der Waals surface area contributed by atoms with Crippen LogP contribution in [0.5, 0.6) is 0 Å². The van der Waals surface area contributed by atoms with Gasteiger partial charge in [-0.25, -0.2) is 9.59 Å². The Labute approximate surface area is 107 Å². The van der Waals surface area contributed by atoms with Crippen LogP contribution in [0.1, 0.15) is 40.5 Å². The molecule has 1 rings (SSSR count). The fourth-order valence-electron chi connectivity index (χ4n) is 2.32. The number of aliphatic hydroxyl groups excluding tert-OH is 1. The normalized spacial score (nSPS) is 28.3. The molecule has 2 N–H and O–H groups in total. The Hall–Kier alpha value is -1.30. The van der Waals surface area contributed by atoms with E-state index in [9.17, 15) is 14.7 Å². The molecule has 1 fully saturated rings. The quantitative estimate of drug-likeness (QED) is 0.728. The number of likely N-dealkylation sites (tertiary alicyclic amines) is 1. The topological polar surface area (TPSA) is 87.1 Å². The van der Waals surface area contributed by atoms with Gasteiger partial charge in [-0.2, -0.15) is 0 Å². The van der Waals surface area contributed by atoms with Gasteiger partial charge in [0.2, 0.25) is 0 Å². The Morgan fingerprint density at radius 1 is 1.44 bits per heavy atom. The van der Waals surface area contributed by atoms with E-state index >= 15 is 0 Å². The maximum absolute atomic E-state index is 12.3. The second kappa shape index (κ2) is 4.76. The molecule has 1 heterocycles. The standard InChI is InChI=1S/C12H21NO5/c1-5-12(9(15)18-11(2,3)4)8(14)6-7-13(12)10(16)17/h8,14H,5-7H2,1-4H3,(H,16,17)/t8-,12+/m0/s1. The first kappa shape index (κ1) is 14.8. The van der Waals surface area contributed by atoms with E-state index in [0.717, 1.165) is 4.90 Å². The minimum Gasteiger partial charge on any atom is -0.465 e. The number of esters is 1. The molecular formula is C12H21NO5. The van der Waals surface area contributed by atoms with Gasteiger partial charge in [-0.1, -0.05) is 6.92 Å². The number of carbonyl (C=O) groups excluding carboxylic acids is 1. The van der Waals surface area contributed by atoms with Crippen molar-refractivity contribution in [1.82, 2.24) is 4.90 Å². The van der Waals surface area contributed by atoms with Gasteiger partial charge in [0, 0.05) is 6.54 Å². The van der Waals surface area contributed by atoms with Gasteiger partial charge in [0.15, 0.2) is 5.54 Å². The van der Waals surface area contributed by atoms with E-state index in [1.165, 1.54) is 0 Å². The van der Waals surface area contributed by atoms with E-state index < -0.39 is 29.3 Å². The highest BCUT2D eigenvalue weighted by Crippen LogP contribution is 2.35. The van der Waals surface area contributed by atoms with E-state index in [1.54, 1.807) is 27.7 Å². The molecule has 0 aliphatic carbocycles. The lowest BCUT2D eigenvalue weighted by atomic mass is 9.90. The van der Waals surface area contributed by atoms with E-state index in [0.29, 0.717) is 0 Å². The molecule has 0 saturated carbocycles. The van der Waals surface area contributed by atoms with Crippen LogP contribution >= 0.6 is 0 Å². The van der Waals surface area contributed by atoms with Crippen LogP contribution in [0.15, 0.2) is 0 Å². The van der Waals surface area contributed by atoms with Gasteiger partial charge in [0.05, 0.1) is 6.10 Å². The van der Waals surface area contributed by atoms with Crippen LogP contribution in [0.3, 0.4) is 0 Å². The maximum Gasteiger partial charge on any atom is 0.408 e. The van der Waals surface area contributed by atoms with Crippen LogP contribution < -0.4 is 0 Å². The second-order valence-electron chi connectivity index (χ2n) is 5.52. The van der Waals surface area contributed by atoms with Crippen molar-refractivity contribution in [3.05, 3.63) is 0 Å². The third-order valence-corrected chi connectivity index (χ3v) is 3.18. The summed E-state index contributed by atoms with van der Waals surface area (Å²) >= 11 is 0. The molecule has 1 amide bonds. The molecule has 0 aromatic rings. The zero-order valence-electron chi connectivity index (χ0n) is 11.3. The number of rotatable bonds is 2. The Morgan fingerprint density at radius 2 is 2.00 bits per heavy atom. The molecular weight excluding hydrogens is 238 g/mol. The van der Waals surface area contributed by atoms with Crippen molar-refractivity contribution in [1.29, 1.82) is 0 Å². The first-order valence-electron chi connectivity index (χ1n) is 6.07. The SMILES string of the molecule is CC[C@]1(C(=O)OC(C)(C)C)[C@@H](O)CCN1C(=O)O. The van der Waals surface area contributed by atoms with Gasteiger partial charge >= 0.3 is 12.1 Å². The van der Waals surface area contributed by atoms with Gasteiger partial charge in [-0.3, -0.25) is 4.90 Å². The number of aliphatic hydroxyl groups is 1. The molecule has 0 aromatic heterocycles. The van der Waals surface area contributed by atoms with Gasteiger partial charge in [-0.15, -0.1) is 0 Å². The molecule has 0 bridgehead atoms. The first-order valence-corrected chi connectivity index (χ1v) is 6.07. The number of hydrogen-bond donors (Lipinski definition) is 2. The largest absolute Gasteiger partial charge is 0.465 e. The molecule has 0 spiro atoms. The summed E-state index contributed by atoms with van der Waals surface area (Å²) in [4.78, 5) is 24.4. The highest BCUT2D eigenvalue weighted by atomic mass is 16.6. The Morgan fingerprint density at radius 3 is 2.39 bits per heavy atom. The summed E-state index contributed by atoms with van der Waals surface area (Å²) in [5.74, 6) is -0.676. The summed E-state index contributed by atoms with van der Waals surface area (Å²) in [6.07, 6.45) is -1.79. The van der Waals surface area contributed by atoms with Gasteiger partial charge in [0.1, 0.15) is 5.60 Å². The second-order valence-corrected chi connectivity index (χ2v) is 5.52. The predicted octanol–water partition coefficient (Wildman–Crippen LogP) is 1.22. The van der Waals surface area contributed by atoms with Crippen molar-refractivity contribution in [2.75, 3.05) is 6.54 Å². The zero-order chi connectivity index (χ0) is 14.1. The molecule has 2 atom stereocenters. The predicted molar refractivity (Wildman–Crippen MR) is 64.2 cm³/mol. The van der Waals surface area contributed by atoms with Crippen LogP contribution in [-0.2, 0) is 9.53 Å². The maximum atomic E-state index is 12.3. The summed E-state index contributed by atoms with van der Waals surface area (Å²) in [5.41, 5.74) is -2.19. The fourth-order valence-corrected chi connectivity index (χ4v) is 2.32. The average molecular weight is 259 g/mol. The van der Waals surface area contributed by atoms with Gasteiger partial charge < -0.3 is 14.9 Å². The van der Waals surface area contributed by atoms with Crippen LogP contribution in [-0.4, -0.2) is 51.0 Å². The molecule has 6 heteroatoms.